The number of amides is 3. The molecule has 5 fully saturated rings. The van der Waals surface area contributed by atoms with E-state index >= 15 is 0 Å². The Morgan fingerprint density at radius 2 is 0.692 bits per heavy atom. The van der Waals surface area contributed by atoms with E-state index in [-0.39, 0.29) is 12.3 Å². The van der Waals surface area contributed by atoms with Gasteiger partial charge in [-0.3, -0.25) is 14.4 Å². The summed E-state index contributed by atoms with van der Waals surface area (Å²) in [7, 11) is 0. The number of aliphatic hydroxyl groups is 15. The molecule has 10 unspecified atom stereocenters. The highest BCUT2D eigenvalue weighted by molar-refractivity contribution is 5.76. The van der Waals surface area contributed by atoms with Gasteiger partial charge in [0.15, 0.2) is 31.5 Å². The molecule has 5 rings (SSSR count). The van der Waals surface area contributed by atoms with Crippen LogP contribution in [-0.2, 0) is 61.8 Å². The average Bonchev–Trinajstić information content (AvgIpc) is 0.767. The Labute approximate surface area is 633 Å². The molecule has 5 aliphatic rings. The lowest BCUT2D eigenvalue weighted by molar-refractivity contribution is -0.385. The number of hydrogen-bond acceptors (Lipinski definition) is 28. The van der Waals surface area contributed by atoms with E-state index < -0.39 is 217 Å². The SMILES string of the molecule is CCCCCCCCCCCCC/C=C/[C@@H](O)[C@H](CO[C@@H]1OC(CO)[C@@H](O[C@@H]2OC(CO)[C@H](O)[C@H](O[C@@H]3OC(CO)[C@@H](O[C@@H]4OC(CO)[C@H](O)[C@H](O[C@H]5OC(CO)[C@@H](O)[C@H](O)C5NC(C)=O)C4O)[C@H](O)C3NC(C)=O)C2O)[C@H](O)C1O)NC(=O)CCCCCCCCCCCCCCCCCCCCCCC. The van der Waals surface area contributed by atoms with E-state index in [1.807, 2.05) is 6.08 Å². The summed E-state index contributed by atoms with van der Waals surface area (Å²) in [6.07, 6.45) is -0.903. The molecule has 0 aliphatic carbocycles. The first-order valence-electron chi connectivity index (χ1n) is 40.5. The van der Waals surface area contributed by atoms with Crippen LogP contribution in [0, 0.1) is 0 Å². The van der Waals surface area contributed by atoms with Crippen molar-refractivity contribution in [2.75, 3.05) is 39.6 Å². The summed E-state index contributed by atoms with van der Waals surface area (Å²) in [6.45, 7) is 1.41. The first kappa shape index (κ1) is 94.7. The summed E-state index contributed by atoms with van der Waals surface area (Å²) < 4.78 is 59.1. The normalized spacial score (nSPS) is 34.0. The number of hydrogen-bond donors (Lipinski definition) is 18. The number of nitrogens with one attached hydrogen (secondary N) is 3. The first-order chi connectivity index (χ1) is 51.6. The largest absolute Gasteiger partial charge is 0.394 e. The summed E-state index contributed by atoms with van der Waals surface area (Å²) in [4.78, 5) is 38.6. The van der Waals surface area contributed by atoms with Crippen LogP contribution < -0.4 is 16.0 Å². The molecular formula is C76H139N3O28. The number of carbonyl (C=O) groups is 3. The van der Waals surface area contributed by atoms with Crippen LogP contribution >= 0.6 is 0 Å². The molecule has 0 radical (unpaired) electrons. The van der Waals surface area contributed by atoms with E-state index in [0.717, 1.165) is 65.2 Å². The zero-order valence-corrected chi connectivity index (χ0v) is 64.0. The Balaban J connectivity index is 1.18. The van der Waals surface area contributed by atoms with Crippen LogP contribution in [0.3, 0.4) is 0 Å². The fourth-order valence-electron chi connectivity index (χ4n) is 14.7. The molecule has 0 saturated carbocycles. The Morgan fingerprint density at radius 1 is 0.364 bits per heavy atom. The maximum Gasteiger partial charge on any atom is 0.220 e. The average molecular weight is 1540 g/mol. The summed E-state index contributed by atoms with van der Waals surface area (Å²) in [5.74, 6) is -1.89. The fourth-order valence-corrected chi connectivity index (χ4v) is 14.7. The van der Waals surface area contributed by atoms with Gasteiger partial charge in [0, 0.05) is 20.3 Å². The summed E-state index contributed by atoms with van der Waals surface area (Å²) in [6, 6.07) is -4.39. The van der Waals surface area contributed by atoms with E-state index in [4.69, 9.17) is 47.4 Å². The predicted molar refractivity (Wildman–Crippen MR) is 389 cm³/mol. The number of carbonyl (C=O) groups excluding carboxylic acids is 3. The quantitative estimate of drug-likeness (QED) is 0.0306. The van der Waals surface area contributed by atoms with Gasteiger partial charge in [0.05, 0.1) is 51.8 Å². The van der Waals surface area contributed by atoms with E-state index in [1.165, 1.54) is 148 Å². The van der Waals surface area contributed by atoms with Crippen LogP contribution in [-0.4, -0.2) is 300 Å². The summed E-state index contributed by atoms with van der Waals surface area (Å²) >= 11 is 0. The minimum Gasteiger partial charge on any atom is -0.394 e. The van der Waals surface area contributed by atoms with E-state index in [2.05, 4.69) is 29.8 Å². The molecule has 0 bridgehead atoms. The number of unbranched alkanes of at least 4 members (excludes halogenated alkanes) is 31. The molecule has 0 aromatic heterocycles. The van der Waals surface area contributed by atoms with Gasteiger partial charge in [0.2, 0.25) is 17.7 Å². The second-order valence-electron chi connectivity index (χ2n) is 30.0. The Kier molecular flexibility index (Phi) is 47.2. The minimum atomic E-state index is -2.16. The molecular weight excluding hydrogens is 1400 g/mol. The maximum atomic E-state index is 13.6. The van der Waals surface area contributed by atoms with Gasteiger partial charge in [-0.25, -0.2) is 0 Å². The number of allylic oxidation sites excluding steroid dienone is 1. The first-order valence-corrected chi connectivity index (χ1v) is 40.5. The van der Waals surface area contributed by atoms with Gasteiger partial charge in [0.1, 0.15) is 122 Å². The molecule has 0 aromatic rings. The topological polar surface area (TPSA) is 483 Å². The molecule has 31 nitrogen and oxygen atoms in total. The second-order valence-corrected chi connectivity index (χ2v) is 30.0. The van der Waals surface area contributed by atoms with E-state index in [9.17, 15) is 91.0 Å². The van der Waals surface area contributed by atoms with Crippen molar-refractivity contribution in [1.29, 1.82) is 0 Å². The van der Waals surface area contributed by atoms with Crippen molar-refractivity contribution in [1.82, 2.24) is 16.0 Å². The van der Waals surface area contributed by atoms with E-state index in [1.54, 1.807) is 6.08 Å². The molecule has 3 amide bonds. The standard InChI is InChI=1S/C76H139N3O28/c1-5-7-9-11-13-15-17-19-20-21-22-23-24-25-26-28-30-32-34-36-38-40-56(88)79-49(50(87)39-37-35-33-31-29-27-18-16-14-12-10-8-6-2)46-98-74-65(95)64(94)69(55(45-84)103-74)105-76-67(97)71(61(91)53(43-82)101-76)107-73-58(78-48(4)86)63(93)68(54(44-83)102-73)104-75-66(96)70(60(90)52(42-81)100-75)106-72-57(77-47(3)85)62(92)59(89)51(41-80)99-72/h37,39,49-55,57-76,80-84,87,89-97H,5-36,38,40-46H2,1-4H3,(H,77,85)(H,78,86)(H,79,88)/b39-37+/t49-,50+,51?,52?,53?,54?,55?,57?,58?,59+,60-,61-,62+,63+,64+,65?,66?,67?,68+,69+,70-,71-,72+,73-,74+,75-,76-/m0/s1. The van der Waals surface area contributed by atoms with Gasteiger partial charge in [0.25, 0.3) is 0 Å². The number of ether oxygens (including phenoxy) is 10. The Bertz CT molecular complexity index is 2380. The van der Waals surface area contributed by atoms with Gasteiger partial charge in [-0.05, 0) is 19.3 Å². The summed E-state index contributed by atoms with van der Waals surface area (Å²) in [5.41, 5.74) is 0. The van der Waals surface area contributed by atoms with Gasteiger partial charge in [-0.15, -0.1) is 0 Å². The molecule has 27 atom stereocenters. The molecule has 5 aliphatic heterocycles. The van der Waals surface area contributed by atoms with Crippen molar-refractivity contribution in [2.24, 2.45) is 0 Å². The van der Waals surface area contributed by atoms with E-state index in [0.29, 0.717) is 12.8 Å². The van der Waals surface area contributed by atoms with Crippen molar-refractivity contribution in [3.05, 3.63) is 12.2 Å². The van der Waals surface area contributed by atoms with Crippen LogP contribution in [0.25, 0.3) is 0 Å². The van der Waals surface area contributed by atoms with Crippen molar-refractivity contribution in [3.8, 4) is 0 Å². The minimum absolute atomic E-state index is 0.191. The second kappa shape index (κ2) is 53.3. The van der Waals surface area contributed by atoms with Gasteiger partial charge < -0.3 is 140 Å². The third-order valence-electron chi connectivity index (χ3n) is 21.1. The van der Waals surface area contributed by atoms with Gasteiger partial charge in [-0.1, -0.05) is 219 Å². The Morgan fingerprint density at radius 3 is 1.08 bits per heavy atom. The lowest BCUT2D eigenvalue weighted by Gasteiger charge is -2.50. The molecule has 626 valence electrons. The van der Waals surface area contributed by atoms with Crippen molar-refractivity contribution in [3.63, 3.8) is 0 Å². The smallest absolute Gasteiger partial charge is 0.220 e. The van der Waals surface area contributed by atoms with Crippen molar-refractivity contribution >= 4 is 17.7 Å². The van der Waals surface area contributed by atoms with Crippen LogP contribution in [0.15, 0.2) is 12.2 Å². The summed E-state index contributed by atoms with van der Waals surface area (Å²) in [5, 5.41) is 175. The molecule has 31 heteroatoms. The van der Waals surface area contributed by atoms with Crippen LogP contribution in [0.1, 0.15) is 246 Å². The van der Waals surface area contributed by atoms with Gasteiger partial charge in [-0.2, -0.15) is 0 Å². The highest BCUT2D eigenvalue weighted by atomic mass is 16.8. The van der Waals surface area contributed by atoms with Crippen LogP contribution in [0.4, 0.5) is 0 Å². The molecule has 5 heterocycles. The monoisotopic (exact) mass is 1540 g/mol. The van der Waals surface area contributed by atoms with Crippen LogP contribution in [0.5, 0.6) is 0 Å². The molecule has 0 aromatic carbocycles. The van der Waals surface area contributed by atoms with Crippen molar-refractivity contribution < 1.29 is 138 Å². The highest BCUT2D eigenvalue weighted by Crippen LogP contribution is 2.37. The molecule has 107 heavy (non-hydrogen) atoms. The maximum absolute atomic E-state index is 13.6. The number of aliphatic hydroxyl groups excluding tert-OH is 15. The van der Waals surface area contributed by atoms with Crippen LogP contribution in [0.2, 0.25) is 0 Å². The Hall–Kier alpha value is -2.85. The third kappa shape index (κ3) is 31.8. The zero-order valence-electron chi connectivity index (χ0n) is 64.0. The molecule has 18 N–H and O–H groups in total. The zero-order chi connectivity index (χ0) is 78.2. The molecule has 5 saturated heterocycles. The van der Waals surface area contributed by atoms with Gasteiger partial charge >= 0.3 is 0 Å². The lowest BCUT2D eigenvalue weighted by atomic mass is 9.94. The van der Waals surface area contributed by atoms with Crippen molar-refractivity contribution in [2.45, 2.75) is 412 Å². The lowest BCUT2D eigenvalue weighted by Crippen LogP contribution is -2.70. The molecule has 0 spiro atoms. The predicted octanol–water partition coefficient (Wildman–Crippen LogP) is 2.09. The third-order valence-corrected chi connectivity index (χ3v) is 21.1. The number of rotatable bonds is 55. The highest BCUT2D eigenvalue weighted by Gasteiger charge is 2.57. The fraction of sp³-hybridized carbons (Fsp3) is 0.934.